The number of hydrogen-bond donors (Lipinski definition) is 0. The number of anilines is 1. The van der Waals surface area contributed by atoms with E-state index < -0.39 is 0 Å². The lowest BCUT2D eigenvalue weighted by Gasteiger charge is -2.28. The lowest BCUT2D eigenvalue weighted by Crippen LogP contribution is -2.33. The minimum Gasteiger partial charge on any atom is -0.372 e. The molecule has 0 bridgehead atoms. The quantitative estimate of drug-likeness (QED) is 0.644. The fraction of sp³-hybridized carbons (Fsp3) is 0.438. The van der Waals surface area contributed by atoms with Gasteiger partial charge in [-0.15, -0.1) is 0 Å². The van der Waals surface area contributed by atoms with Crippen molar-refractivity contribution in [2.75, 3.05) is 24.2 Å². The minimum absolute atomic E-state index is 0.801. The Morgan fingerprint density at radius 1 is 1.10 bits per heavy atom. The van der Waals surface area contributed by atoms with E-state index in [0.29, 0.717) is 0 Å². The fourth-order valence-corrected chi connectivity index (χ4v) is 3.12. The summed E-state index contributed by atoms with van der Waals surface area (Å²) < 4.78 is 1.83. The van der Waals surface area contributed by atoms with Crippen LogP contribution in [0.3, 0.4) is 0 Å². The third-order valence-corrected chi connectivity index (χ3v) is 4.37. The number of aromatic nitrogens is 3. The largest absolute Gasteiger partial charge is 0.372 e. The van der Waals surface area contributed by atoms with Gasteiger partial charge in [0.25, 0.3) is 5.16 Å². The average molecular weight is 301 g/mol. The molecule has 1 fully saturated rings. The molecule has 0 amide bonds. The fourth-order valence-electron chi connectivity index (χ4n) is 2.72. The molecule has 21 heavy (non-hydrogen) atoms. The summed E-state index contributed by atoms with van der Waals surface area (Å²) in [5.41, 5.74) is 3.44. The summed E-state index contributed by atoms with van der Waals surface area (Å²) in [6, 6.07) is 8.75. The van der Waals surface area contributed by atoms with E-state index in [1.807, 2.05) is 24.2 Å². The molecular weight excluding hydrogens is 280 g/mol. The van der Waals surface area contributed by atoms with Crippen LogP contribution in [0.15, 0.2) is 35.6 Å². The van der Waals surface area contributed by atoms with Crippen LogP contribution in [-0.2, 0) is 7.05 Å². The van der Waals surface area contributed by atoms with E-state index >= 15 is 0 Å². The Labute approximate surface area is 130 Å². The highest BCUT2D eigenvalue weighted by atomic mass is 32.2. The van der Waals surface area contributed by atoms with E-state index in [0.717, 1.165) is 16.4 Å². The van der Waals surface area contributed by atoms with E-state index in [4.69, 9.17) is 0 Å². The summed E-state index contributed by atoms with van der Waals surface area (Å²) in [7, 11) is 1.94. The Bertz CT molecular complexity index is 606. The van der Waals surface area contributed by atoms with E-state index in [1.54, 1.807) is 11.8 Å². The summed E-state index contributed by atoms with van der Waals surface area (Å²) in [4.78, 5) is 7.05. The Balaban J connectivity index is 1.85. The minimum atomic E-state index is 0.801. The second-order valence-corrected chi connectivity index (χ2v) is 6.15. The number of piperidine rings is 1. The van der Waals surface area contributed by atoms with Gasteiger partial charge in [0.1, 0.15) is 5.69 Å². The molecular formula is C16H21N4S+. The standard InChI is InChI=1S/C16H21N4S/c1-19-12-15(17-16(18-19)21-2)13-6-8-14(9-7-13)20-10-4-3-5-11-20/h6-9,12H,3-5,10-11H2,1-2H3/q+1. The molecule has 5 heteroatoms. The maximum absolute atomic E-state index is 4.58. The van der Waals surface area contributed by atoms with Gasteiger partial charge in [-0.2, -0.15) is 0 Å². The molecule has 2 aromatic rings. The van der Waals surface area contributed by atoms with E-state index in [9.17, 15) is 0 Å². The van der Waals surface area contributed by atoms with Crippen molar-refractivity contribution in [2.24, 2.45) is 7.05 Å². The van der Waals surface area contributed by atoms with Gasteiger partial charge in [-0.05, 0) is 37.7 Å². The second kappa shape index (κ2) is 6.43. The van der Waals surface area contributed by atoms with Crippen molar-refractivity contribution in [1.29, 1.82) is 0 Å². The van der Waals surface area contributed by atoms with Gasteiger partial charge in [0.2, 0.25) is 6.20 Å². The first kappa shape index (κ1) is 14.3. The molecule has 2 heterocycles. The van der Waals surface area contributed by atoms with E-state index in [-0.39, 0.29) is 0 Å². The predicted molar refractivity (Wildman–Crippen MR) is 86.5 cm³/mol. The van der Waals surface area contributed by atoms with Crippen LogP contribution in [0.25, 0.3) is 11.3 Å². The highest BCUT2D eigenvalue weighted by Crippen LogP contribution is 2.24. The monoisotopic (exact) mass is 301 g/mol. The Hall–Kier alpha value is -1.62. The highest BCUT2D eigenvalue weighted by molar-refractivity contribution is 7.98. The maximum atomic E-state index is 4.58. The van der Waals surface area contributed by atoms with Gasteiger partial charge >= 0.3 is 0 Å². The molecule has 1 saturated heterocycles. The number of thioether (sulfide) groups is 1. The van der Waals surface area contributed by atoms with Crippen LogP contribution in [0.2, 0.25) is 0 Å². The summed E-state index contributed by atoms with van der Waals surface area (Å²) in [6.07, 6.45) is 7.94. The third kappa shape index (κ3) is 3.35. The average Bonchev–Trinajstić information content (AvgIpc) is 2.55. The second-order valence-electron chi connectivity index (χ2n) is 5.38. The van der Waals surface area contributed by atoms with Gasteiger partial charge in [-0.3, -0.25) is 0 Å². The molecule has 0 unspecified atom stereocenters. The van der Waals surface area contributed by atoms with Gasteiger partial charge in [-0.25, -0.2) is 4.98 Å². The van der Waals surface area contributed by atoms with E-state index in [2.05, 4.69) is 39.2 Å². The molecule has 0 saturated carbocycles. The molecule has 0 radical (unpaired) electrons. The molecule has 0 spiro atoms. The van der Waals surface area contributed by atoms with Gasteiger partial charge in [0, 0.05) is 29.4 Å². The van der Waals surface area contributed by atoms with Gasteiger partial charge in [0.15, 0.2) is 7.05 Å². The first-order chi connectivity index (χ1) is 10.3. The molecule has 110 valence electrons. The number of hydrogen-bond acceptors (Lipinski definition) is 4. The normalized spacial score (nSPS) is 15.2. The Morgan fingerprint density at radius 2 is 1.81 bits per heavy atom. The smallest absolute Gasteiger partial charge is 0.254 e. The van der Waals surface area contributed by atoms with Crippen molar-refractivity contribution in [2.45, 2.75) is 24.4 Å². The third-order valence-electron chi connectivity index (χ3n) is 3.84. The predicted octanol–water partition coefficient (Wildman–Crippen LogP) is 2.68. The Morgan fingerprint density at radius 3 is 2.48 bits per heavy atom. The molecule has 4 nitrogen and oxygen atoms in total. The zero-order valence-corrected chi connectivity index (χ0v) is 13.4. The maximum Gasteiger partial charge on any atom is 0.254 e. The van der Waals surface area contributed by atoms with Crippen LogP contribution in [0.5, 0.6) is 0 Å². The van der Waals surface area contributed by atoms with Crippen LogP contribution in [0, 0.1) is 0 Å². The van der Waals surface area contributed by atoms with Crippen LogP contribution >= 0.6 is 11.8 Å². The number of aryl methyl sites for hydroxylation is 1. The number of nitrogens with zero attached hydrogens (tertiary/aromatic N) is 4. The van der Waals surface area contributed by atoms with Gasteiger partial charge in [0.05, 0.1) is 0 Å². The van der Waals surface area contributed by atoms with Crippen molar-refractivity contribution in [3.8, 4) is 11.3 Å². The first-order valence-electron chi connectivity index (χ1n) is 7.40. The lowest BCUT2D eigenvalue weighted by atomic mass is 10.1. The topological polar surface area (TPSA) is 32.9 Å². The van der Waals surface area contributed by atoms with Crippen LogP contribution in [0.1, 0.15) is 19.3 Å². The van der Waals surface area contributed by atoms with Crippen LogP contribution < -0.4 is 9.58 Å². The lowest BCUT2D eigenvalue weighted by molar-refractivity contribution is -0.734. The first-order valence-corrected chi connectivity index (χ1v) is 8.63. The number of rotatable bonds is 3. The van der Waals surface area contributed by atoms with Gasteiger partial charge < -0.3 is 4.90 Å². The molecule has 1 aliphatic heterocycles. The number of benzene rings is 1. The molecule has 0 N–H and O–H groups in total. The zero-order chi connectivity index (χ0) is 14.7. The molecule has 1 aromatic heterocycles. The van der Waals surface area contributed by atoms with Crippen molar-refractivity contribution >= 4 is 17.4 Å². The molecule has 0 aliphatic carbocycles. The van der Waals surface area contributed by atoms with Gasteiger partial charge in [-0.1, -0.05) is 28.6 Å². The molecule has 0 atom stereocenters. The van der Waals surface area contributed by atoms with Crippen LogP contribution in [0.4, 0.5) is 5.69 Å². The Kier molecular flexibility index (Phi) is 4.39. The van der Waals surface area contributed by atoms with Crippen molar-refractivity contribution in [1.82, 2.24) is 10.1 Å². The SMILES string of the molecule is CSc1nc(-c2ccc(N3CCCCC3)cc2)c[n+](C)n1. The van der Waals surface area contributed by atoms with E-state index in [1.165, 1.54) is 38.0 Å². The summed E-state index contributed by atoms with van der Waals surface area (Å²) in [6.45, 7) is 2.36. The molecule has 1 aromatic carbocycles. The van der Waals surface area contributed by atoms with Crippen molar-refractivity contribution in [3.05, 3.63) is 30.5 Å². The molecule has 3 rings (SSSR count). The highest BCUT2D eigenvalue weighted by Gasteiger charge is 2.13. The molecule has 1 aliphatic rings. The summed E-state index contributed by atoms with van der Waals surface area (Å²) >= 11 is 1.57. The van der Waals surface area contributed by atoms with Crippen molar-refractivity contribution < 1.29 is 4.68 Å². The van der Waals surface area contributed by atoms with Crippen LogP contribution in [-0.4, -0.2) is 29.4 Å². The van der Waals surface area contributed by atoms with Crippen molar-refractivity contribution in [3.63, 3.8) is 0 Å². The summed E-state index contributed by atoms with van der Waals surface area (Å²) in [5.74, 6) is 0. The zero-order valence-electron chi connectivity index (χ0n) is 12.6. The summed E-state index contributed by atoms with van der Waals surface area (Å²) in [5, 5.41) is 5.13.